The fourth-order valence-corrected chi connectivity index (χ4v) is 6.17. The summed E-state index contributed by atoms with van der Waals surface area (Å²) in [5.74, 6) is -0.470. The molecule has 1 aliphatic heterocycles. The van der Waals surface area contributed by atoms with Crippen molar-refractivity contribution in [2.45, 2.75) is 50.0 Å². The third-order valence-corrected chi connectivity index (χ3v) is 7.61. The van der Waals surface area contributed by atoms with Crippen LogP contribution in [0, 0.1) is 6.92 Å². The lowest BCUT2D eigenvalue weighted by Gasteiger charge is -2.35. The predicted octanol–water partition coefficient (Wildman–Crippen LogP) is 2.52. The van der Waals surface area contributed by atoms with Gasteiger partial charge in [0.15, 0.2) is 0 Å². The van der Waals surface area contributed by atoms with Gasteiger partial charge in [-0.1, -0.05) is 30.2 Å². The van der Waals surface area contributed by atoms with Crippen molar-refractivity contribution in [3.05, 3.63) is 28.8 Å². The predicted molar refractivity (Wildman–Crippen MR) is 91.5 cm³/mol. The average molecular weight is 395 g/mol. The number of hydrogen-bond acceptors (Lipinski definition) is 5. The number of halogens is 1. The van der Waals surface area contributed by atoms with Crippen molar-refractivity contribution in [2.24, 2.45) is 0 Å². The molecule has 0 amide bonds. The van der Waals surface area contributed by atoms with Gasteiger partial charge in [-0.3, -0.25) is 0 Å². The van der Waals surface area contributed by atoms with Crippen LogP contribution in [0.25, 0.3) is 0 Å². The largest absolute Gasteiger partial charge is 0.748 e. The van der Waals surface area contributed by atoms with E-state index in [9.17, 15) is 21.4 Å². The SMILES string of the molecule is Cc1cccc(Cl)c1S(=O)(=O)N1CCCCC1CCCS(=O)(=O)[O-]. The Balaban J connectivity index is 2.25. The third-order valence-electron chi connectivity index (χ3n) is 4.24. The van der Waals surface area contributed by atoms with E-state index in [2.05, 4.69) is 0 Å². The second-order valence-electron chi connectivity index (χ2n) is 6.06. The molecule has 6 nitrogen and oxygen atoms in total. The molecule has 1 aromatic rings. The van der Waals surface area contributed by atoms with Gasteiger partial charge in [0.25, 0.3) is 0 Å². The average Bonchev–Trinajstić information content (AvgIpc) is 2.46. The minimum Gasteiger partial charge on any atom is -0.748 e. The Morgan fingerprint density at radius 1 is 1.25 bits per heavy atom. The number of benzene rings is 1. The lowest BCUT2D eigenvalue weighted by atomic mass is 10.0. The topological polar surface area (TPSA) is 94.6 Å². The molecule has 0 N–H and O–H groups in total. The molecule has 1 aliphatic rings. The summed E-state index contributed by atoms with van der Waals surface area (Å²) in [6.45, 7) is 2.07. The fourth-order valence-electron chi connectivity index (χ4n) is 3.14. The Bertz CT molecular complexity index is 772. The maximum absolute atomic E-state index is 13.1. The number of aryl methyl sites for hydroxylation is 1. The van der Waals surface area contributed by atoms with Crippen LogP contribution < -0.4 is 0 Å². The summed E-state index contributed by atoms with van der Waals surface area (Å²) in [7, 11) is -8.05. The molecule has 1 atom stereocenters. The monoisotopic (exact) mass is 394 g/mol. The number of hydrogen-bond donors (Lipinski definition) is 0. The summed E-state index contributed by atoms with van der Waals surface area (Å²) < 4.78 is 59.8. The lowest BCUT2D eigenvalue weighted by Crippen LogP contribution is -2.44. The van der Waals surface area contributed by atoms with Crippen molar-refractivity contribution in [2.75, 3.05) is 12.3 Å². The molecule has 24 heavy (non-hydrogen) atoms. The van der Waals surface area contributed by atoms with E-state index in [1.165, 1.54) is 4.31 Å². The first-order valence-electron chi connectivity index (χ1n) is 7.83. The maximum Gasteiger partial charge on any atom is 0.245 e. The Labute approximate surface area is 148 Å². The van der Waals surface area contributed by atoms with Crippen LogP contribution in [0.3, 0.4) is 0 Å². The van der Waals surface area contributed by atoms with E-state index in [1.807, 2.05) is 0 Å². The van der Waals surface area contributed by atoms with E-state index in [0.29, 0.717) is 24.9 Å². The van der Waals surface area contributed by atoms with E-state index in [1.54, 1.807) is 25.1 Å². The van der Waals surface area contributed by atoms with Crippen molar-refractivity contribution < 1.29 is 21.4 Å². The van der Waals surface area contributed by atoms with Crippen LogP contribution in [0.4, 0.5) is 0 Å². The minimum atomic E-state index is -4.28. The van der Waals surface area contributed by atoms with Crippen LogP contribution in [0.2, 0.25) is 5.02 Å². The molecule has 0 radical (unpaired) electrons. The first-order chi connectivity index (χ1) is 11.1. The summed E-state index contributed by atoms with van der Waals surface area (Å²) in [6.07, 6.45) is 2.79. The van der Waals surface area contributed by atoms with Crippen molar-refractivity contribution in [3.8, 4) is 0 Å². The zero-order valence-electron chi connectivity index (χ0n) is 13.4. The molecule has 1 aromatic carbocycles. The second kappa shape index (κ2) is 7.70. The van der Waals surface area contributed by atoms with Gasteiger partial charge < -0.3 is 4.55 Å². The van der Waals surface area contributed by atoms with Crippen molar-refractivity contribution in [1.82, 2.24) is 4.31 Å². The van der Waals surface area contributed by atoms with Gasteiger partial charge in [-0.15, -0.1) is 0 Å². The molecule has 1 heterocycles. The zero-order chi connectivity index (χ0) is 18.0. The van der Waals surface area contributed by atoms with Crippen LogP contribution >= 0.6 is 11.6 Å². The number of sulfonamides is 1. The molecule has 1 saturated heterocycles. The lowest BCUT2D eigenvalue weighted by molar-refractivity contribution is 0.239. The van der Waals surface area contributed by atoms with Crippen molar-refractivity contribution in [1.29, 1.82) is 0 Å². The highest BCUT2D eigenvalue weighted by Gasteiger charge is 2.35. The highest BCUT2D eigenvalue weighted by molar-refractivity contribution is 7.89. The highest BCUT2D eigenvalue weighted by Crippen LogP contribution is 2.33. The normalized spacial score (nSPS) is 20.2. The van der Waals surface area contributed by atoms with Crippen molar-refractivity contribution >= 4 is 31.7 Å². The summed E-state index contributed by atoms with van der Waals surface area (Å²) in [5.41, 5.74) is 0.578. The molecular weight excluding hydrogens is 374 g/mol. The van der Waals surface area contributed by atoms with E-state index in [4.69, 9.17) is 11.6 Å². The van der Waals surface area contributed by atoms with Gasteiger partial charge in [-0.25, -0.2) is 16.8 Å². The second-order valence-corrected chi connectivity index (χ2v) is 9.81. The van der Waals surface area contributed by atoms with Gasteiger partial charge in [0.1, 0.15) is 4.90 Å². The summed E-state index contributed by atoms with van der Waals surface area (Å²) in [5, 5.41) is 0.182. The molecule has 0 spiro atoms. The van der Waals surface area contributed by atoms with Crippen LogP contribution in [-0.2, 0) is 20.1 Å². The Morgan fingerprint density at radius 2 is 1.96 bits per heavy atom. The Hall–Kier alpha value is -0.670. The Kier molecular flexibility index (Phi) is 6.30. The number of piperidine rings is 1. The standard InChI is InChI=1S/C15H22ClNO5S2/c1-12-6-4-9-14(16)15(12)24(21,22)17-10-3-2-7-13(17)8-5-11-23(18,19)20/h4,6,9,13H,2-3,5,7-8,10-11H2,1H3,(H,18,19,20)/p-1. The van der Waals surface area contributed by atoms with Gasteiger partial charge >= 0.3 is 0 Å². The van der Waals surface area contributed by atoms with Crippen LogP contribution in [-0.4, -0.2) is 44.0 Å². The molecule has 0 aromatic heterocycles. The van der Waals surface area contributed by atoms with Gasteiger partial charge in [0.2, 0.25) is 10.0 Å². The van der Waals surface area contributed by atoms with Crippen molar-refractivity contribution in [3.63, 3.8) is 0 Å². The molecule has 136 valence electrons. The maximum atomic E-state index is 13.1. The first kappa shape index (κ1) is 19.7. The van der Waals surface area contributed by atoms with Crippen LogP contribution in [0.5, 0.6) is 0 Å². The summed E-state index contributed by atoms with van der Waals surface area (Å²) in [6, 6.07) is 4.64. The van der Waals surface area contributed by atoms with Crippen LogP contribution in [0.1, 0.15) is 37.7 Å². The third kappa shape index (κ3) is 4.70. The molecular formula is C15H21ClNO5S2-. The van der Waals surface area contributed by atoms with E-state index in [0.717, 1.165) is 12.8 Å². The number of nitrogens with zero attached hydrogens (tertiary/aromatic N) is 1. The molecule has 0 aliphatic carbocycles. The highest BCUT2D eigenvalue weighted by atomic mass is 35.5. The smallest absolute Gasteiger partial charge is 0.245 e. The molecule has 1 unspecified atom stereocenters. The van der Waals surface area contributed by atoms with Gasteiger partial charge in [0.05, 0.1) is 15.1 Å². The zero-order valence-corrected chi connectivity index (χ0v) is 15.8. The molecule has 0 bridgehead atoms. The van der Waals surface area contributed by atoms with Gasteiger partial charge in [-0.2, -0.15) is 4.31 Å². The quantitative estimate of drug-likeness (QED) is 0.691. The molecule has 9 heteroatoms. The Morgan fingerprint density at radius 3 is 2.58 bits per heavy atom. The number of rotatable bonds is 6. The molecule has 0 saturated carbocycles. The summed E-state index contributed by atoms with van der Waals surface area (Å²) in [4.78, 5) is 0.106. The molecule has 2 rings (SSSR count). The van der Waals surface area contributed by atoms with E-state index < -0.39 is 25.9 Å². The van der Waals surface area contributed by atoms with E-state index >= 15 is 0 Å². The fraction of sp³-hybridized carbons (Fsp3) is 0.600. The van der Waals surface area contributed by atoms with Crippen LogP contribution in [0.15, 0.2) is 23.1 Å². The summed E-state index contributed by atoms with van der Waals surface area (Å²) >= 11 is 6.12. The van der Waals surface area contributed by atoms with Gasteiger partial charge in [0, 0.05) is 18.3 Å². The first-order valence-corrected chi connectivity index (χ1v) is 11.2. The minimum absolute atomic E-state index is 0.106. The van der Waals surface area contributed by atoms with Gasteiger partial charge in [-0.05, 0) is 44.2 Å². The van der Waals surface area contributed by atoms with E-state index in [-0.39, 0.29) is 22.4 Å². The molecule has 1 fully saturated rings.